The van der Waals surface area contributed by atoms with Crippen LogP contribution in [0.2, 0.25) is 0 Å². The molecular weight excluding hydrogens is 284 g/mol. The molecule has 2 bridgehead atoms. The first-order valence-electron chi connectivity index (χ1n) is 7.62. The van der Waals surface area contributed by atoms with Crippen molar-refractivity contribution in [3.63, 3.8) is 0 Å². The Balaban J connectivity index is 1.87. The number of hydrogen-bond acceptors (Lipinski definition) is 1. The predicted molar refractivity (Wildman–Crippen MR) is 90.1 cm³/mol. The summed E-state index contributed by atoms with van der Waals surface area (Å²) in [5.74, 6) is 1.89. The van der Waals surface area contributed by atoms with E-state index in [1.165, 1.54) is 29.7 Å². The molecule has 0 saturated carbocycles. The Bertz CT molecular complexity index is 485. The molecule has 2 unspecified atom stereocenters. The summed E-state index contributed by atoms with van der Waals surface area (Å²) in [5.41, 5.74) is 1.64. The van der Waals surface area contributed by atoms with Gasteiger partial charge in [-0.25, -0.2) is 0 Å². The Morgan fingerprint density at radius 1 is 1.05 bits per heavy atom. The van der Waals surface area contributed by atoms with Crippen molar-refractivity contribution in [2.45, 2.75) is 60.8 Å². The van der Waals surface area contributed by atoms with Gasteiger partial charge in [-0.2, -0.15) is 0 Å². The second-order valence-corrected chi connectivity index (χ2v) is 11.2. The number of rotatable bonds is 1. The standard InChI is InChI=1S/C17H25OS2/c1-17(2,3)13-7-9-14(10-8-13)20-15-5-4-6-16(20)12-19(18)11-15/h7-10,15-16H,4-6,11-12H2,1-3H3/q+1. The van der Waals surface area contributed by atoms with Gasteiger partial charge in [0.15, 0.2) is 4.90 Å². The molecule has 2 aliphatic heterocycles. The molecule has 1 nitrogen and oxygen atoms in total. The molecule has 2 aliphatic rings. The van der Waals surface area contributed by atoms with Gasteiger partial charge in [-0.1, -0.05) is 32.9 Å². The van der Waals surface area contributed by atoms with E-state index < -0.39 is 10.8 Å². The van der Waals surface area contributed by atoms with Crippen LogP contribution in [0, 0.1) is 0 Å². The molecule has 0 radical (unpaired) electrons. The summed E-state index contributed by atoms with van der Waals surface area (Å²) in [6, 6.07) is 9.32. The zero-order valence-electron chi connectivity index (χ0n) is 12.7. The minimum atomic E-state index is -0.555. The van der Waals surface area contributed by atoms with E-state index in [2.05, 4.69) is 45.0 Å². The van der Waals surface area contributed by atoms with Crippen LogP contribution in [0.1, 0.15) is 45.6 Å². The third-order valence-electron chi connectivity index (χ3n) is 4.51. The Kier molecular flexibility index (Phi) is 4.02. The minimum absolute atomic E-state index is 0.228. The smallest absolute Gasteiger partial charge is 0.155 e. The van der Waals surface area contributed by atoms with Crippen molar-refractivity contribution in [2.75, 3.05) is 11.5 Å². The number of fused-ring (bicyclic) bond motifs is 2. The Labute approximate surface area is 128 Å². The lowest BCUT2D eigenvalue weighted by Gasteiger charge is -2.34. The van der Waals surface area contributed by atoms with Crippen LogP contribution in [0.5, 0.6) is 0 Å². The van der Waals surface area contributed by atoms with Crippen LogP contribution < -0.4 is 0 Å². The first-order valence-corrected chi connectivity index (χ1v) is 10.5. The van der Waals surface area contributed by atoms with Crippen molar-refractivity contribution in [3.8, 4) is 0 Å². The van der Waals surface area contributed by atoms with E-state index >= 15 is 0 Å². The van der Waals surface area contributed by atoms with E-state index in [1.807, 2.05) is 0 Å². The molecule has 0 N–H and O–H groups in total. The predicted octanol–water partition coefficient (Wildman–Crippen LogP) is 3.64. The third kappa shape index (κ3) is 2.85. The Morgan fingerprint density at radius 3 is 2.10 bits per heavy atom. The first-order chi connectivity index (χ1) is 9.45. The topological polar surface area (TPSA) is 17.1 Å². The van der Waals surface area contributed by atoms with Gasteiger partial charge in [0.1, 0.15) is 10.5 Å². The van der Waals surface area contributed by atoms with E-state index in [9.17, 15) is 4.21 Å². The van der Waals surface area contributed by atoms with Gasteiger partial charge in [0.05, 0.1) is 11.5 Å². The van der Waals surface area contributed by atoms with Crippen molar-refractivity contribution in [3.05, 3.63) is 29.8 Å². The van der Waals surface area contributed by atoms with E-state index in [1.54, 1.807) is 0 Å². The molecule has 0 aliphatic carbocycles. The summed E-state index contributed by atoms with van der Waals surface area (Å²) in [7, 11) is -0.208. The van der Waals surface area contributed by atoms with Crippen LogP contribution in [-0.4, -0.2) is 26.2 Å². The highest BCUT2D eigenvalue weighted by molar-refractivity contribution is 8.01. The number of benzene rings is 1. The molecule has 2 atom stereocenters. The maximum absolute atomic E-state index is 12.0. The summed E-state index contributed by atoms with van der Waals surface area (Å²) in [6.07, 6.45) is 3.91. The van der Waals surface area contributed by atoms with E-state index in [0.29, 0.717) is 21.4 Å². The lowest BCUT2D eigenvalue weighted by atomic mass is 9.87. The van der Waals surface area contributed by atoms with Gasteiger partial charge in [0.25, 0.3) is 0 Å². The molecule has 2 heterocycles. The van der Waals surface area contributed by atoms with Crippen LogP contribution >= 0.6 is 0 Å². The molecule has 1 aromatic carbocycles. The van der Waals surface area contributed by atoms with Crippen molar-refractivity contribution < 1.29 is 4.21 Å². The first kappa shape index (κ1) is 14.6. The quantitative estimate of drug-likeness (QED) is 0.724. The fourth-order valence-corrected chi connectivity index (χ4v) is 9.38. The maximum atomic E-state index is 12.0. The number of hydrogen-bond donors (Lipinski definition) is 0. The highest BCUT2D eigenvalue weighted by Gasteiger charge is 2.48. The summed E-state index contributed by atoms with van der Waals surface area (Å²) >= 11 is 0. The van der Waals surface area contributed by atoms with E-state index in [0.717, 1.165) is 11.5 Å². The largest absolute Gasteiger partial charge is 0.259 e. The average molecular weight is 310 g/mol. The van der Waals surface area contributed by atoms with Crippen LogP contribution in [0.3, 0.4) is 0 Å². The van der Waals surface area contributed by atoms with Gasteiger partial charge in [0.2, 0.25) is 0 Å². The monoisotopic (exact) mass is 309 g/mol. The molecular formula is C17H25OS2+. The van der Waals surface area contributed by atoms with Gasteiger partial charge in [-0.05, 0) is 42.4 Å². The van der Waals surface area contributed by atoms with Crippen molar-refractivity contribution >= 4 is 21.7 Å². The Morgan fingerprint density at radius 2 is 1.60 bits per heavy atom. The maximum Gasteiger partial charge on any atom is 0.155 e. The van der Waals surface area contributed by atoms with Gasteiger partial charge in [-0.3, -0.25) is 4.21 Å². The van der Waals surface area contributed by atoms with Crippen molar-refractivity contribution in [2.24, 2.45) is 0 Å². The average Bonchev–Trinajstić information content (AvgIpc) is 2.37. The molecule has 3 heteroatoms. The zero-order valence-corrected chi connectivity index (χ0v) is 14.4. The van der Waals surface area contributed by atoms with Crippen LogP contribution in [-0.2, 0) is 27.1 Å². The summed E-state index contributed by atoms with van der Waals surface area (Å²) in [6.45, 7) is 6.80. The molecule has 20 heavy (non-hydrogen) atoms. The highest BCUT2D eigenvalue weighted by atomic mass is 32.2. The SMILES string of the molecule is CC(C)(C)c1ccc([S+]2C3CCCC2CS(=O)C3)cc1. The van der Waals surface area contributed by atoms with Crippen LogP contribution in [0.15, 0.2) is 29.2 Å². The van der Waals surface area contributed by atoms with Gasteiger partial charge in [0, 0.05) is 21.7 Å². The van der Waals surface area contributed by atoms with Crippen LogP contribution in [0.25, 0.3) is 0 Å². The molecule has 0 spiro atoms. The Hall–Kier alpha value is -0.280. The second kappa shape index (κ2) is 5.49. The molecule has 110 valence electrons. The summed E-state index contributed by atoms with van der Waals surface area (Å²) in [5, 5.41) is 1.37. The van der Waals surface area contributed by atoms with Crippen molar-refractivity contribution in [1.29, 1.82) is 0 Å². The summed E-state index contributed by atoms with van der Waals surface area (Å²) in [4.78, 5) is 1.52. The van der Waals surface area contributed by atoms with E-state index in [-0.39, 0.29) is 5.41 Å². The third-order valence-corrected chi connectivity index (χ3v) is 9.53. The fraction of sp³-hybridized carbons (Fsp3) is 0.647. The van der Waals surface area contributed by atoms with Gasteiger partial charge in [-0.15, -0.1) is 0 Å². The lowest BCUT2D eigenvalue weighted by Crippen LogP contribution is -2.47. The molecule has 2 saturated heterocycles. The highest BCUT2D eigenvalue weighted by Crippen LogP contribution is 2.38. The van der Waals surface area contributed by atoms with Gasteiger partial charge >= 0.3 is 0 Å². The van der Waals surface area contributed by atoms with Gasteiger partial charge < -0.3 is 0 Å². The molecule has 0 amide bonds. The van der Waals surface area contributed by atoms with Crippen molar-refractivity contribution in [1.82, 2.24) is 0 Å². The zero-order chi connectivity index (χ0) is 14.3. The minimum Gasteiger partial charge on any atom is -0.259 e. The molecule has 2 fully saturated rings. The fourth-order valence-electron chi connectivity index (χ4n) is 3.39. The molecule has 3 rings (SSSR count). The normalized spacial score (nSPS) is 34.0. The lowest BCUT2D eigenvalue weighted by molar-refractivity contribution is 0.589. The molecule has 0 aromatic heterocycles. The van der Waals surface area contributed by atoms with Crippen LogP contribution in [0.4, 0.5) is 0 Å². The van der Waals surface area contributed by atoms with E-state index in [4.69, 9.17) is 0 Å². The second-order valence-electron chi connectivity index (χ2n) is 7.09. The summed E-state index contributed by atoms with van der Waals surface area (Å²) < 4.78 is 12.0. The molecule has 1 aromatic rings.